The van der Waals surface area contributed by atoms with Gasteiger partial charge in [-0.3, -0.25) is 0 Å². The van der Waals surface area contributed by atoms with Gasteiger partial charge in [-0.2, -0.15) is 0 Å². The van der Waals surface area contributed by atoms with Gasteiger partial charge in [-0.05, 0) is 6.07 Å². The zero-order chi connectivity index (χ0) is 13.0. The molecule has 1 fully saturated rings. The Labute approximate surface area is 111 Å². The van der Waals surface area contributed by atoms with Crippen molar-refractivity contribution in [1.29, 1.82) is 0 Å². The van der Waals surface area contributed by atoms with E-state index >= 15 is 0 Å². The maximum absolute atomic E-state index is 11.7. The molecule has 1 aliphatic heterocycles. The van der Waals surface area contributed by atoms with Gasteiger partial charge in [0, 0.05) is 42.4 Å². The fraction of sp³-hybridized carbons (Fsp3) is 0.462. The molecular weight excluding hydrogens is 248 g/mol. The molecule has 1 aromatic rings. The van der Waals surface area contributed by atoms with E-state index < -0.39 is 0 Å². The number of likely N-dealkylation sites (N-methyl/N-ethyl adjacent to an activating group) is 1. The molecule has 0 saturated carbocycles. The van der Waals surface area contributed by atoms with Crippen molar-refractivity contribution in [3.63, 3.8) is 0 Å². The molecule has 2 amide bonds. The lowest BCUT2D eigenvalue weighted by Crippen LogP contribution is -2.28. The van der Waals surface area contributed by atoms with Crippen LogP contribution in [0.1, 0.15) is 16.9 Å². The van der Waals surface area contributed by atoms with Gasteiger partial charge >= 0.3 is 6.03 Å². The van der Waals surface area contributed by atoms with Crippen molar-refractivity contribution in [2.45, 2.75) is 13.0 Å². The highest BCUT2D eigenvalue weighted by Crippen LogP contribution is 2.18. The van der Waals surface area contributed by atoms with E-state index in [9.17, 15) is 4.79 Å². The Balaban J connectivity index is 1.95. The molecular formula is C13H16N2O2S. The summed E-state index contributed by atoms with van der Waals surface area (Å²) in [6.07, 6.45) is 0.501. The molecule has 0 aromatic carbocycles. The number of hydrogen-bond acceptors (Lipinski definition) is 3. The standard InChI is InChI=1S/C13H16N2O2S/c1-14-5-6-15(13(14)17)9-12-8-11(10-18-12)4-2-3-7-16/h8,10,16H,3,5-7,9H2,1H3. The van der Waals surface area contributed by atoms with Gasteiger partial charge in [0.25, 0.3) is 0 Å². The second-order valence-corrected chi connectivity index (χ2v) is 5.20. The summed E-state index contributed by atoms with van der Waals surface area (Å²) in [5.74, 6) is 5.89. The van der Waals surface area contributed by atoms with Crippen molar-refractivity contribution in [2.75, 3.05) is 26.7 Å². The van der Waals surface area contributed by atoms with Gasteiger partial charge in [-0.25, -0.2) is 4.79 Å². The highest BCUT2D eigenvalue weighted by atomic mass is 32.1. The van der Waals surface area contributed by atoms with E-state index in [2.05, 4.69) is 11.8 Å². The number of thiophene rings is 1. The maximum Gasteiger partial charge on any atom is 0.320 e. The fourth-order valence-corrected chi connectivity index (χ4v) is 2.62. The second kappa shape index (κ2) is 5.89. The van der Waals surface area contributed by atoms with Crippen LogP contribution in [0.3, 0.4) is 0 Å². The Kier molecular flexibility index (Phi) is 4.24. The SMILES string of the molecule is CN1CCN(Cc2cc(C#CCCO)cs2)C1=O. The summed E-state index contributed by atoms with van der Waals surface area (Å²) in [7, 11) is 1.82. The van der Waals surface area contributed by atoms with Crippen LogP contribution < -0.4 is 0 Å². The molecule has 4 nitrogen and oxygen atoms in total. The summed E-state index contributed by atoms with van der Waals surface area (Å²) in [5, 5.41) is 10.6. The van der Waals surface area contributed by atoms with Crippen LogP contribution in [0.2, 0.25) is 0 Å². The van der Waals surface area contributed by atoms with Gasteiger partial charge in [0.05, 0.1) is 13.2 Å². The molecule has 1 aliphatic rings. The van der Waals surface area contributed by atoms with E-state index in [-0.39, 0.29) is 12.6 Å². The first kappa shape index (κ1) is 12.9. The van der Waals surface area contributed by atoms with Gasteiger partial charge in [0.2, 0.25) is 0 Å². The quantitative estimate of drug-likeness (QED) is 0.838. The number of carbonyl (C=O) groups is 1. The minimum atomic E-state index is 0.0938. The molecule has 0 unspecified atom stereocenters. The summed E-state index contributed by atoms with van der Waals surface area (Å²) in [5.41, 5.74) is 0.962. The molecule has 0 aliphatic carbocycles. The number of aliphatic hydroxyl groups excluding tert-OH is 1. The summed E-state index contributed by atoms with van der Waals surface area (Å²) >= 11 is 1.62. The summed E-state index contributed by atoms with van der Waals surface area (Å²) in [4.78, 5) is 16.4. The number of urea groups is 1. The van der Waals surface area contributed by atoms with Crippen LogP contribution in [-0.4, -0.2) is 47.7 Å². The number of rotatable bonds is 3. The largest absolute Gasteiger partial charge is 0.395 e. The van der Waals surface area contributed by atoms with E-state index in [1.54, 1.807) is 16.2 Å². The Morgan fingerprint density at radius 2 is 2.33 bits per heavy atom. The molecule has 0 radical (unpaired) electrons. The summed E-state index contributed by atoms with van der Waals surface area (Å²) in [6, 6.07) is 2.11. The Bertz CT molecular complexity index is 487. The molecule has 2 heterocycles. The Hall–Kier alpha value is -1.51. The zero-order valence-electron chi connectivity index (χ0n) is 10.3. The van der Waals surface area contributed by atoms with Crippen LogP contribution in [0.15, 0.2) is 11.4 Å². The molecule has 1 N–H and O–H groups in total. The lowest BCUT2D eigenvalue weighted by molar-refractivity contribution is 0.197. The van der Waals surface area contributed by atoms with Crippen LogP contribution in [-0.2, 0) is 6.54 Å². The Morgan fingerprint density at radius 3 is 3.00 bits per heavy atom. The lowest BCUT2D eigenvalue weighted by atomic mass is 10.3. The second-order valence-electron chi connectivity index (χ2n) is 4.20. The zero-order valence-corrected chi connectivity index (χ0v) is 11.2. The Morgan fingerprint density at radius 1 is 1.50 bits per heavy atom. The third-order valence-corrected chi connectivity index (χ3v) is 3.69. The van der Waals surface area contributed by atoms with Crippen LogP contribution in [0.25, 0.3) is 0 Å². The minimum Gasteiger partial charge on any atom is -0.395 e. The molecule has 0 bridgehead atoms. The number of hydrogen-bond donors (Lipinski definition) is 1. The van der Waals surface area contributed by atoms with Crippen LogP contribution in [0.5, 0.6) is 0 Å². The first-order valence-electron chi connectivity index (χ1n) is 5.88. The molecule has 5 heteroatoms. The molecule has 1 aromatic heterocycles. The molecule has 96 valence electrons. The molecule has 2 rings (SSSR count). The maximum atomic E-state index is 11.7. The van der Waals surface area contributed by atoms with Crippen molar-refractivity contribution in [3.05, 3.63) is 21.9 Å². The van der Waals surface area contributed by atoms with Gasteiger partial charge in [-0.15, -0.1) is 11.3 Å². The predicted molar refractivity (Wildman–Crippen MR) is 71.3 cm³/mol. The summed E-state index contributed by atoms with van der Waals surface area (Å²) < 4.78 is 0. The normalized spacial score (nSPS) is 14.9. The van der Waals surface area contributed by atoms with Crippen molar-refractivity contribution in [1.82, 2.24) is 9.80 Å². The van der Waals surface area contributed by atoms with Crippen molar-refractivity contribution in [3.8, 4) is 11.8 Å². The van der Waals surface area contributed by atoms with Gasteiger partial charge in [-0.1, -0.05) is 11.8 Å². The molecule has 1 saturated heterocycles. The number of amides is 2. The van der Waals surface area contributed by atoms with Crippen molar-refractivity contribution < 1.29 is 9.90 Å². The van der Waals surface area contributed by atoms with E-state index in [1.807, 2.05) is 23.4 Å². The minimum absolute atomic E-state index is 0.0938. The number of aliphatic hydroxyl groups is 1. The summed E-state index contributed by atoms with van der Waals surface area (Å²) in [6.45, 7) is 2.35. The molecule has 0 spiro atoms. The van der Waals surface area contributed by atoms with E-state index in [1.165, 1.54) is 0 Å². The van der Waals surface area contributed by atoms with Gasteiger partial charge in [0.15, 0.2) is 0 Å². The fourth-order valence-electron chi connectivity index (χ4n) is 1.79. The smallest absolute Gasteiger partial charge is 0.320 e. The first-order chi connectivity index (χ1) is 8.70. The topological polar surface area (TPSA) is 43.8 Å². The highest BCUT2D eigenvalue weighted by Gasteiger charge is 2.25. The average Bonchev–Trinajstić information content (AvgIpc) is 2.92. The van der Waals surface area contributed by atoms with Crippen LogP contribution >= 0.6 is 11.3 Å². The van der Waals surface area contributed by atoms with Gasteiger partial charge in [0.1, 0.15) is 0 Å². The van der Waals surface area contributed by atoms with E-state index in [0.717, 1.165) is 23.5 Å². The van der Waals surface area contributed by atoms with E-state index in [4.69, 9.17) is 5.11 Å². The number of nitrogens with zero attached hydrogens (tertiary/aromatic N) is 2. The van der Waals surface area contributed by atoms with Crippen LogP contribution in [0, 0.1) is 11.8 Å². The third-order valence-electron chi connectivity index (χ3n) is 2.77. The predicted octanol–water partition coefficient (Wildman–Crippen LogP) is 1.35. The van der Waals surface area contributed by atoms with E-state index in [0.29, 0.717) is 13.0 Å². The average molecular weight is 264 g/mol. The number of carbonyl (C=O) groups excluding carboxylic acids is 1. The molecule has 0 atom stereocenters. The first-order valence-corrected chi connectivity index (χ1v) is 6.76. The lowest BCUT2D eigenvalue weighted by Gasteiger charge is -2.14. The highest BCUT2D eigenvalue weighted by molar-refractivity contribution is 7.10. The van der Waals surface area contributed by atoms with Gasteiger partial charge < -0.3 is 14.9 Å². The van der Waals surface area contributed by atoms with Crippen LogP contribution in [0.4, 0.5) is 4.79 Å². The van der Waals surface area contributed by atoms with Crippen molar-refractivity contribution >= 4 is 17.4 Å². The monoisotopic (exact) mass is 264 g/mol. The van der Waals surface area contributed by atoms with Crippen molar-refractivity contribution in [2.24, 2.45) is 0 Å². The third kappa shape index (κ3) is 3.03. The molecule has 18 heavy (non-hydrogen) atoms.